The number of nitrogens with zero attached hydrogens (tertiary/aromatic N) is 2. The molecule has 1 atom stereocenters. The predicted molar refractivity (Wildman–Crippen MR) is 51.7 cm³/mol. The number of hydrogen-bond donors (Lipinski definition) is 1. The Hall–Kier alpha value is -1.36. The highest BCUT2D eigenvalue weighted by Gasteiger charge is 2.15. The first-order valence-electron chi connectivity index (χ1n) is 4.39. The van der Waals surface area contributed by atoms with Gasteiger partial charge >= 0.3 is 5.97 Å². The van der Waals surface area contributed by atoms with Gasteiger partial charge in [-0.3, -0.25) is 9.48 Å². The van der Waals surface area contributed by atoms with Crippen molar-refractivity contribution in [1.29, 1.82) is 0 Å². The third-order valence-corrected chi connectivity index (χ3v) is 1.98. The summed E-state index contributed by atoms with van der Waals surface area (Å²) in [6.45, 7) is 4.17. The van der Waals surface area contributed by atoms with E-state index >= 15 is 0 Å². The van der Waals surface area contributed by atoms with Crippen LogP contribution in [0.3, 0.4) is 0 Å². The third kappa shape index (κ3) is 2.32. The summed E-state index contributed by atoms with van der Waals surface area (Å²) in [6.07, 6.45) is 0. The van der Waals surface area contributed by atoms with Crippen LogP contribution in [0.4, 0.5) is 0 Å². The first-order chi connectivity index (χ1) is 6.54. The summed E-state index contributed by atoms with van der Waals surface area (Å²) in [5.41, 5.74) is 7.51. The van der Waals surface area contributed by atoms with E-state index in [4.69, 9.17) is 5.73 Å². The number of ether oxygens (including phenoxy) is 1. The first-order valence-corrected chi connectivity index (χ1v) is 4.39. The largest absolute Gasteiger partial charge is 0.468 e. The summed E-state index contributed by atoms with van der Waals surface area (Å²) in [4.78, 5) is 11.0. The predicted octanol–water partition coefficient (Wildman–Crippen LogP) is 0.000240. The van der Waals surface area contributed by atoms with Crippen LogP contribution < -0.4 is 5.73 Å². The number of carbonyl (C=O) groups excluding carboxylic acids is 1. The van der Waals surface area contributed by atoms with E-state index in [-0.39, 0.29) is 0 Å². The van der Waals surface area contributed by atoms with E-state index in [9.17, 15) is 4.79 Å². The Morgan fingerprint density at radius 1 is 1.71 bits per heavy atom. The molecule has 0 radical (unpaired) electrons. The lowest BCUT2D eigenvalue weighted by Gasteiger charge is -2.10. The Morgan fingerprint density at radius 2 is 2.36 bits per heavy atom. The number of methoxy groups -OCH3 is 1. The highest BCUT2D eigenvalue weighted by atomic mass is 16.5. The van der Waals surface area contributed by atoms with Crippen LogP contribution in [-0.2, 0) is 16.1 Å². The average molecular weight is 197 g/mol. The lowest BCUT2D eigenvalue weighted by molar-refractivity contribution is -0.142. The summed E-state index contributed by atoms with van der Waals surface area (Å²) in [5, 5.41) is 4.20. The van der Waals surface area contributed by atoms with Crippen LogP contribution in [0.2, 0.25) is 0 Å². The maximum absolute atomic E-state index is 11.0. The zero-order valence-electron chi connectivity index (χ0n) is 8.65. The smallest absolute Gasteiger partial charge is 0.324 e. The topological polar surface area (TPSA) is 70.1 Å². The van der Waals surface area contributed by atoms with Crippen LogP contribution in [0.15, 0.2) is 6.07 Å². The molecule has 1 aromatic heterocycles. The molecule has 0 aromatic carbocycles. The van der Waals surface area contributed by atoms with E-state index < -0.39 is 12.0 Å². The molecule has 0 spiro atoms. The molecule has 1 unspecified atom stereocenters. The van der Waals surface area contributed by atoms with Gasteiger partial charge in [-0.05, 0) is 19.9 Å². The second-order valence-corrected chi connectivity index (χ2v) is 3.24. The number of aryl methyl sites for hydroxylation is 2. The fourth-order valence-electron chi connectivity index (χ4n) is 1.27. The van der Waals surface area contributed by atoms with Crippen molar-refractivity contribution in [2.24, 2.45) is 5.73 Å². The Morgan fingerprint density at radius 3 is 2.79 bits per heavy atom. The van der Waals surface area contributed by atoms with Crippen molar-refractivity contribution in [2.75, 3.05) is 7.11 Å². The number of aromatic nitrogens is 2. The summed E-state index contributed by atoms with van der Waals surface area (Å²) in [6, 6.07) is 1.28. The van der Waals surface area contributed by atoms with Gasteiger partial charge in [0.2, 0.25) is 0 Å². The Balaban J connectivity index is 2.69. The summed E-state index contributed by atoms with van der Waals surface area (Å²) in [7, 11) is 1.32. The Labute approximate surface area is 82.8 Å². The molecule has 1 heterocycles. The van der Waals surface area contributed by atoms with Crippen molar-refractivity contribution in [2.45, 2.75) is 26.4 Å². The molecule has 1 aromatic rings. The number of rotatable bonds is 3. The molecule has 0 aliphatic rings. The minimum atomic E-state index is -0.655. The van der Waals surface area contributed by atoms with E-state index in [0.717, 1.165) is 11.4 Å². The van der Waals surface area contributed by atoms with Crippen LogP contribution >= 0.6 is 0 Å². The normalized spacial score (nSPS) is 12.6. The molecule has 14 heavy (non-hydrogen) atoms. The summed E-state index contributed by atoms with van der Waals surface area (Å²) >= 11 is 0. The summed E-state index contributed by atoms with van der Waals surface area (Å²) < 4.78 is 6.23. The number of nitrogens with two attached hydrogens (primary N) is 1. The van der Waals surface area contributed by atoms with Crippen LogP contribution in [-0.4, -0.2) is 28.9 Å². The van der Waals surface area contributed by atoms with Gasteiger partial charge in [0.15, 0.2) is 0 Å². The maximum atomic E-state index is 11.0. The Kier molecular flexibility index (Phi) is 3.24. The Bertz CT molecular complexity index is 333. The maximum Gasteiger partial charge on any atom is 0.324 e. The van der Waals surface area contributed by atoms with E-state index in [1.54, 1.807) is 4.68 Å². The fourth-order valence-corrected chi connectivity index (χ4v) is 1.27. The quantitative estimate of drug-likeness (QED) is 0.692. The van der Waals surface area contributed by atoms with Crippen LogP contribution in [0, 0.1) is 13.8 Å². The monoisotopic (exact) mass is 197 g/mol. The standard InChI is InChI=1S/C9H15N3O2/c1-6-4-7(2)12(11-6)5-8(10)9(13)14-3/h4,8H,5,10H2,1-3H3. The molecule has 5 nitrogen and oxygen atoms in total. The minimum absolute atomic E-state index is 0.354. The van der Waals surface area contributed by atoms with Crippen molar-refractivity contribution in [3.63, 3.8) is 0 Å². The van der Waals surface area contributed by atoms with E-state index in [0.29, 0.717) is 6.54 Å². The van der Waals surface area contributed by atoms with Crippen molar-refractivity contribution in [3.05, 3.63) is 17.5 Å². The van der Waals surface area contributed by atoms with Crippen LogP contribution in [0.5, 0.6) is 0 Å². The van der Waals surface area contributed by atoms with Crippen molar-refractivity contribution in [1.82, 2.24) is 9.78 Å². The molecule has 5 heteroatoms. The van der Waals surface area contributed by atoms with Gasteiger partial charge in [0.25, 0.3) is 0 Å². The first kappa shape index (κ1) is 10.7. The van der Waals surface area contributed by atoms with Crippen LogP contribution in [0.1, 0.15) is 11.4 Å². The zero-order valence-corrected chi connectivity index (χ0v) is 8.65. The molecule has 78 valence electrons. The van der Waals surface area contributed by atoms with Gasteiger partial charge in [0.1, 0.15) is 6.04 Å². The molecule has 0 saturated carbocycles. The lowest BCUT2D eigenvalue weighted by Crippen LogP contribution is -2.36. The molecule has 2 N–H and O–H groups in total. The lowest BCUT2D eigenvalue weighted by atomic mass is 10.3. The molecule has 0 aliphatic heterocycles. The summed E-state index contributed by atoms with van der Waals surface area (Å²) in [5.74, 6) is -0.419. The SMILES string of the molecule is COC(=O)C(N)Cn1nc(C)cc1C. The van der Waals surface area contributed by atoms with Gasteiger partial charge in [-0.25, -0.2) is 0 Å². The zero-order chi connectivity index (χ0) is 10.7. The molecular weight excluding hydrogens is 182 g/mol. The van der Waals surface area contributed by atoms with Crippen LogP contribution in [0.25, 0.3) is 0 Å². The van der Waals surface area contributed by atoms with E-state index in [1.165, 1.54) is 7.11 Å². The third-order valence-electron chi connectivity index (χ3n) is 1.98. The van der Waals surface area contributed by atoms with Crippen molar-refractivity contribution >= 4 is 5.97 Å². The molecule has 0 saturated heterocycles. The minimum Gasteiger partial charge on any atom is -0.468 e. The van der Waals surface area contributed by atoms with E-state index in [2.05, 4.69) is 9.84 Å². The number of hydrogen-bond acceptors (Lipinski definition) is 4. The fraction of sp³-hybridized carbons (Fsp3) is 0.556. The van der Waals surface area contributed by atoms with E-state index in [1.807, 2.05) is 19.9 Å². The second-order valence-electron chi connectivity index (χ2n) is 3.24. The molecule has 0 bridgehead atoms. The number of carbonyl (C=O) groups is 1. The van der Waals surface area contributed by atoms with Gasteiger partial charge in [-0.2, -0.15) is 5.10 Å². The molecule has 1 rings (SSSR count). The highest BCUT2D eigenvalue weighted by molar-refractivity contribution is 5.75. The van der Waals surface area contributed by atoms with Gasteiger partial charge in [-0.1, -0.05) is 0 Å². The van der Waals surface area contributed by atoms with Gasteiger partial charge < -0.3 is 10.5 Å². The van der Waals surface area contributed by atoms with Gasteiger partial charge in [0.05, 0.1) is 19.3 Å². The van der Waals surface area contributed by atoms with Crippen molar-refractivity contribution in [3.8, 4) is 0 Å². The highest BCUT2D eigenvalue weighted by Crippen LogP contribution is 2.02. The molecular formula is C9H15N3O2. The molecule has 0 fully saturated rings. The molecule has 0 amide bonds. The van der Waals surface area contributed by atoms with Crippen molar-refractivity contribution < 1.29 is 9.53 Å². The molecule has 0 aliphatic carbocycles. The average Bonchev–Trinajstić information content (AvgIpc) is 2.44. The van der Waals surface area contributed by atoms with Gasteiger partial charge in [0, 0.05) is 5.69 Å². The number of esters is 1. The van der Waals surface area contributed by atoms with Gasteiger partial charge in [-0.15, -0.1) is 0 Å². The second kappa shape index (κ2) is 4.23.